The molecule has 0 heterocycles. The number of nitriles is 1. The highest BCUT2D eigenvalue weighted by Crippen LogP contribution is 2.32. The topological polar surface area (TPSA) is 54.3 Å². The Morgan fingerprint density at radius 3 is 2.55 bits per heavy atom. The number of ether oxygens (including phenoxy) is 2. The number of methoxy groups -OCH3 is 2. The first-order valence-corrected chi connectivity index (χ1v) is 7.16. The van der Waals surface area contributed by atoms with Crippen LogP contribution in [-0.2, 0) is 0 Å². The van der Waals surface area contributed by atoms with E-state index >= 15 is 0 Å². The van der Waals surface area contributed by atoms with Gasteiger partial charge < -0.3 is 14.8 Å². The highest BCUT2D eigenvalue weighted by Gasteiger charge is 2.23. The van der Waals surface area contributed by atoms with Crippen molar-refractivity contribution in [3.05, 3.63) is 18.2 Å². The van der Waals surface area contributed by atoms with Crippen LogP contribution < -0.4 is 14.8 Å². The number of hydrogen-bond donors (Lipinski definition) is 1. The molecular weight excluding hydrogens is 252 g/mol. The van der Waals surface area contributed by atoms with Crippen molar-refractivity contribution in [3.63, 3.8) is 0 Å². The molecule has 0 saturated heterocycles. The van der Waals surface area contributed by atoms with Gasteiger partial charge in [-0.1, -0.05) is 19.3 Å². The third-order valence-electron chi connectivity index (χ3n) is 3.92. The molecule has 1 aromatic rings. The molecule has 2 rings (SSSR count). The van der Waals surface area contributed by atoms with Crippen LogP contribution in [0.4, 0.5) is 5.69 Å². The monoisotopic (exact) mass is 274 g/mol. The second-order valence-electron chi connectivity index (χ2n) is 5.19. The maximum Gasteiger partial charge on any atom is 0.162 e. The van der Waals surface area contributed by atoms with Gasteiger partial charge in [0.15, 0.2) is 11.5 Å². The lowest BCUT2D eigenvalue weighted by Crippen LogP contribution is -2.27. The first kappa shape index (κ1) is 14.5. The van der Waals surface area contributed by atoms with Crippen LogP contribution in [0.25, 0.3) is 0 Å². The van der Waals surface area contributed by atoms with E-state index < -0.39 is 0 Å². The number of hydrogen-bond acceptors (Lipinski definition) is 4. The van der Waals surface area contributed by atoms with Crippen LogP contribution in [0.2, 0.25) is 0 Å². The van der Waals surface area contributed by atoms with E-state index in [0.29, 0.717) is 5.75 Å². The minimum absolute atomic E-state index is 0.0885. The molecule has 1 fully saturated rings. The molecule has 2 unspecified atom stereocenters. The van der Waals surface area contributed by atoms with Crippen LogP contribution in [0.5, 0.6) is 11.5 Å². The first-order valence-electron chi connectivity index (χ1n) is 7.16. The summed E-state index contributed by atoms with van der Waals surface area (Å²) in [5, 5.41) is 12.8. The largest absolute Gasteiger partial charge is 0.493 e. The Hall–Kier alpha value is -1.89. The van der Waals surface area contributed by atoms with E-state index in [0.717, 1.165) is 30.7 Å². The normalized spacial score (nSPS) is 22.4. The van der Waals surface area contributed by atoms with Gasteiger partial charge in [0, 0.05) is 17.8 Å². The van der Waals surface area contributed by atoms with Crippen molar-refractivity contribution in [3.8, 4) is 17.6 Å². The summed E-state index contributed by atoms with van der Waals surface area (Å²) >= 11 is 0. The SMILES string of the molecule is COc1ccc(NC2CCCCCC2C#N)cc1OC. The average molecular weight is 274 g/mol. The standard InChI is InChI=1S/C16H22N2O2/c1-19-15-9-8-13(10-16(15)20-2)18-14-7-5-3-4-6-12(14)11-17/h8-10,12,14,18H,3-7H2,1-2H3. The van der Waals surface area contributed by atoms with Crippen molar-refractivity contribution in [1.29, 1.82) is 5.26 Å². The van der Waals surface area contributed by atoms with Crippen molar-refractivity contribution in [2.75, 3.05) is 19.5 Å². The molecule has 4 nitrogen and oxygen atoms in total. The van der Waals surface area contributed by atoms with Crippen molar-refractivity contribution in [2.45, 2.75) is 38.1 Å². The number of rotatable bonds is 4. The molecule has 4 heteroatoms. The van der Waals surface area contributed by atoms with Gasteiger partial charge in [0.25, 0.3) is 0 Å². The molecule has 1 saturated carbocycles. The van der Waals surface area contributed by atoms with E-state index in [1.807, 2.05) is 18.2 Å². The molecule has 1 aromatic carbocycles. The highest BCUT2D eigenvalue weighted by atomic mass is 16.5. The Bertz CT molecular complexity index is 482. The molecule has 0 aliphatic heterocycles. The molecule has 0 bridgehead atoms. The summed E-state index contributed by atoms with van der Waals surface area (Å²) in [6.45, 7) is 0. The minimum atomic E-state index is 0.0885. The van der Waals surface area contributed by atoms with Gasteiger partial charge in [-0.3, -0.25) is 0 Å². The Labute approximate surface area is 120 Å². The smallest absolute Gasteiger partial charge is 0.162 e. The highest BCUT2D eigenvalue weighted by molar-refractivity contribution is 5.55. The number of benzene rings is 1. The van der Waals surface area contributed by atoms with Gasteiger partial charge in [0.05, 0.1) is 26.2 Å². The van der Waals surface area contributed by atoms with Crippen molar-refractivity contribution >= 4 is 5.69 Å². The summed E-state index contributed by atoms with van der Waals surface area (Å²) in [6.07, 6.45) is 5.60. The van der Waals surface area contributed by atoms with Crippen LogP contribution in [0.1, 0.15) is 32.1 Å². The van der Waals surface area contributed by atoms with Gasteiger partial charge >= 0.3 is 0 Å². The fourth-order valence-electron chi connectivity index (χ4n) is 2.78. The van der Waals surface area contributed by atoms with Crippen LogP contribution >= 0.6 is 0 Å². The Morgan fingerprint density at radius 1 is 1.10 bits per heavy atom. The number of anilines is 1. The molecule has 2 atom stereocenters. The van der Waals surface area contributed by atoms with Gasteiger partial charge in [-0.15, -0.1) is 0 Å². The maximum absolute atomic E-state index is 9.31. The van der Waals surface area contributed by atoms with E-state index in [1.165, 1.54) is 12.8 Å². The van der Waals surface area contributed by atoms with Crippen LogP contribution in [0.3, 0.4) is 0 Å². The molecule has 1 N–H and O–H groups in total. The number of nitrogens with zero attached hydrogens (tertiary/aromatic N) is 1. The third-order valence-corrected chi connectivity index (χ3v) is 3.92. The second-order valence-corrected chi connectivity index (χ2v) is 5.19. The lowest BCUT2D eigenvalue weighted by Gasteiger charge is -2.22. The van der Waals surface area contributed by atoms with Gasteiger partial charge in [0.2, 0.25) is 0 Å². The zero-order valence-corrected chi connectivity index (χ0v) is 12.2. The zero-order chi connectivity index (χ0) is 14.4. The van der Waals surface area contributed by atoms with Gasteiger partial charge in [-0.05, 0) is 25.0 Å². The summed E-state index contributed by atoms with van der Waals surface area (Å²) in [4.78, 5) is 0. The number of nitrogens with one attached hydrogen (secondary N) is 1. The molecule has 0 aromatic heterocycles. The summed E-state index contributed by atoms with van der Waals surface area (Å²) in [5.74, 6) is 1.51. The van der Waals surface area contributed by atoms with Gasteiger partial charge in [0.1, 0.15) is 0 Å². The quantitative estimate of drug-likeness (QED) is 0.852. The van der Waals surface area contributed by atoms with Crippen molar-refractivity contribution < 1.29 is 9.47 Å². The summed E-state index contributed by atoms with van der Waals surface area (Å²) in [5.41, 5.74) is 0.981. The summed E-state index contributed by atoms with van der Waals surface area (Å²) in [6, 6.07) is 8.46. The molecule has 1 aliphatic rings. The van der Waals surface area contributed by atoms with Crippen LogP contribution in [0.15, 0.2) is 18.2 Å². The lowest BCUT2D eigenvalue weighted by molar-refractivity contribution is 0.355. The lowest BCUT2D eigenvalue weighted by atomic mass is 9.96. The second kappa shape index (κ2) is 7.04. The molecule has 108 valence electrons. The van der Waals surface area contributed by atoms with Crippen LogP contribution in [-0.4, -0.2) is 20.3 Å². The third kappa shape index (κ3) is 3.36. The average Bonchev–Trinajstić information content (AvgIpc) is 2.72. The molecular formula is C16H22N2O2. The molecule has 0 spiro atoms. The fourth-order valence-corrected chi connectivity index (χ4v) is 2.78. The predicted molar refractivity (Wildman–Crippen MR) is 79.1 cm³/mol. The fraction of sp³-hybridized carbons (Fsp3) is 0.562. The first-order chi connectivity index (χ1) is 9.78. The molecule has 1 aliphatic carbocycles. The Kier molecular flexibility index (Phi) is 5.11. The summed E-state index contributed by atoms with van der Waals surface area (Å²) < 4.78 is 10.6. The van der Waals surface area contributed by atoms with E-state index in [2.05, 4.69) is 11.4 Å². The van der Waals surface area contributed by atoms with Crippen molar-refractivity contribution in [1.82, 2.24) is 0 Å². The van der Waals surface area contributed by atoms with Crippen LogP contribution in [0, 0.1) is 17.2 Å². The molecule has 0 amide bonds. The minimum Gasteiger partial charge on any atom is -0.493 e. The molecule has 20 heavy (non-hydrogen) atoms. The van der Waals surface area contributed by atoms with Gasteiger partial charge in [-0.25, -0.2) is 0 Å². The van der Waals surface area contributed by atoms with Crippen molar-refractivity contribution in [2.24, 2.45) is 5.92 Å². The van der Waals surface area contributed by atoms with E-state index in [9.17, 15) is 5.26 Å². The van der Waals surface area contributed by atoms with E-state index in [-0.39, 0.29) is 12.0 Å². The van der Waals surface area contributed by atoms with E-state index in [4.69, 9.17) is 9.47 Å². The Balaban J connectivity index is 2.13. The molecule has 0 radical (unpaired) electrons. The predicted octanol–water partition coefficient (Wildman–Crippen LogP) is 3.59. The maximum atomic E-state index is 9.31. The van der Waals surface area contributed by atoms with Gasteiger partial charge in [-0.2, -0.15) is 5.26 Å². The zero-order valence-electron chi connectivity index (χ0n) is 12.2. The summed E-state index contributed by atoms with van der Waals surface area (Å²) in [7, 11) is 3.26. The Morgan fingerprint density at radius 2 is 1.85 bits per heavy atom. The van der Waals surface area contributed by atoms with E-state index in [1.54, 1.807) is 14.2 Å².